The number of allylic oxidation sites excluding steroid dienone is 2. The van der Waals surface area contributed by atoms with Crippen molar-refractivity contribution in [3.63, 3.8) is 0 Å². The molecule has 10 rings (SSSR count). The molecular formula is C61H75N11O7. The van der Waals surface area contributed by atoms with Crippen molar-refractivity contribution in [3.8, 4) is 46.9 Å². The highest BCUT2D eigenvalue weighted by Crippen LogP contribution is 2.44. The number of hydrogen-bond donors (Lipinski definition) is 6. The highest BCUT2D eigenvalue weighted by molar-refractivity contribution is 6.06. The lowest BCUT2D eigenvalue weighted by Crippen LogP contribution is -2.57. The second-order valence-corrected chi connectivity index (χ2v) is 23.0. The summed E-state index contributed by atoms with van der Waals surface area (Å²) < 4.78 is 6.29. The van der Waals surface area contributed by atoms with Crippen molar-refractivity contribution in [2.24, 2.45) is 10.4 Å². The summed E-state index contributed by atoms with van der Waals surface area (Å²) >= 11 is 0. The van der Waals surface area contributed by atoms with Crippen LogP contribution >= 0.6 is 0 Å². The predicted octanol–water partition coefficient (Wildman–Crippen LogP) is 6.87. The first kappa shape index (κ1) is 55.0. The highest BCUT2D eigenvalue weighted by Gasteiger charge is 2.42. The van der Waals surface area contributed by atoms with E-state index in [0.29, 0.717) is 72.2 Å². The second-order valence-electron chi connectivity index (χ2n) is 23.0. The zero-order valence-corrected chi connectivity index (χ0v) is 46.1. The van der Waals surface area contributed by atoms with Gasteiger partial charge in [-0.1, -0.05) is 63.4 Å². The van der Waals surface area contributed by atoms with E-state index in [1.807, 2.05) is 46.0 Å². The van der Waals surface area contributed by atoms with Crippen molar-refractivity contribution in [2.75, 3.05) is 70.4 Å². The number of piperazine rings is 2. The van der Waals surface area contributed by atoms with Gasteiger partial charge in [0.2, 0.25) is 17.7 Å². The summed E-state index contributed by atoms with van der Waals surface area (Å²) in [5, 5.41) is 44.9. The molecule has 0 spiro atoms. The number of rotatable bonds is 19. The molecule has 0 saturated carbocycles. The third-order valence-corrected chi connectivity index (χ3v) is 16.4. The Morgan fingerprint density at radius 1 is 0.899 bits per heavy atom. The Morgan fingerprint density at radius 3 is 2.33 bits per heavy atom. The van der Waals surface area contributed by atoms with Gasteiger partial charge in [0.05, 0.1) is 17.6 Å². The van der Waals surface area contributed by atoms with E-state index in [2.05, 4.69) is 53.7 Å². The van der Waals surface area contributed by atoms with Crippen LogP contribution in [0.15, 0.2) is 65.4 Å². The fourth-order valence-electron chi connectivity index (χ4n) is 12.1. The van der Waals surface area contributed by atoms with Crippen LogP contribution in [0.25, 0.3) is 38.5 Å². The van der Waals surface area contributed by atoms with Gasteiger partial charge in [-0.2, -0.15) is 9.97 Å². The largest absolute Gasteiger partial charge is 0.508 e. The van der Waals surface area contributed by atoms with Gasteiger partial charge in [-0.05, 0) is 104 Å². The van der Waals surface area contributed by atoms with E-state index in [9.17, 15) is 29.7 Å². The first-order valence-corrected chi connectivity index (χ1v) is 28.2. The quantitative estimate of drug-likeness (QED) is 0.0367. The number of fused-ring (bicyclic) bond motifs is 4. The van der Waals surface area contributed by atoms with E-state index >= 15 is 0 Å². The average molecular weight is 1070 g/mol. The Kier molecular flexibility index (Phi) is 16.7. The minimum atomic E-state index is -0.749. The van der Waals surface area contributed by atoms with Crippen LogP contribution in [0.4, 0.5) is 5.82 Å². The van der Waals surface area contributed by atoms with Crippen molar-refractivity contribution in [1.82, 2.24) is 45.6 Å². The van der Waals surface area contributed by atoms with E-state index in [4.69, 9.17) is 26.1 Å². The summed E-state index contributed by atoms with van der Waals surface area (Å²) in [6.07, 6.45) is 17.4. The minimum Gasteiger partial charge on any atom is -0.508 e. The number of carbonyl (C=O) groups excluding carboxylic acids is 3. The summed E-state index contributed by atoms with van der Waals surface area (Å²) in [6, 6.07) is 13.8. The Hall–Kier alpha value is -7.33. The lowest BCUT2D eigenvalue weighted by Gasteiger charge is -2.35. The van der Waals surface area contributed by atoms with Crippen LogP contribution in [0.2, 0.25) is 0 Å². The molecule has 416 valence electrons. The summed E-state index contributed by atoms with van der Waals surface area (Å²) in [5.74, 6) is 2.33. The Morgan fingerprint density at radius 2 is 1.63 bits per heavy atom. The van der Waals surface area contributed by atoms with E-state index in [0.717, 1.165) is 121 Å². The molecule has 5 aliphatic heterocycles. The fraction of sp³-hybridized carbons (Fsp3) is 0.492. The van der Waals surface area contributed by atoms with Crippen LogP contribution < -0.4 is 25.6 Å². The van der Waals surface area contributed by atoms with Crippen LogP contribution in [0.5, 0.6) is 23.3 Å². The summed E-state index contributed by atoms with van der Waals surface area (Å²) in [4.78, 5) is 68.6. The van der Waals surface area contributed by atoms with Crippen LogP contribution in [0.3, 0.4) is 0 Å². The monoisotopic (exact) mass is 1070 g/mol. The minimum absolute atomic E-state index is 0.0472. The lowest BCUT2D eigenvalue weighted by molar-refractivity contribution is -0.143. The standard InChI is InChI=1S/C61H75N11O7/c1-6-45-50(74)21-18-41-32-44(73)33-47(52(41)45)53-55(76)54-48(35-63-53)57(71-36-42-19-20-43(37-71)65-42)68-60(67-54)79-31-11-25-70-29-27-69(28-30-70)24-9-7-8-13-51(75)66-56(61(3,4)5)59(78)72-26-10-12-49(72)58(77)64-34-39-14-16-40(17-15-39)46-22-23-62-38(46)2/h1,14-18,21,23,32-33,35,42-43,49,56,65,73-74,76H,7-13,19-20,22,24-31,34,36-37H2,2-5H3,(H,64,77)(H,66,75)/t42?,43?,49-,56?/m0/s1. The van der Waals surface area contributed by atoms with Gasteiger partial charge >= 0.3 is 6.01 Å². The zero-order chi connectivity index (χ0) is 55.4. The predicted molar refractivity (Wildman–Crippen MR) is 307 cm³/mol. The van der Waals surface area contributed by atoms with Gasteiger partial charge < -0.3 is 55.6 Å². The number of phenols is 2. The number of aliphatic imine (C=N–C) groups is 1. The Labute approximate surface area is 462 Å². The number of likely N-dealkylation sites (tertiary alicyclic amines) is 1. The molecule has 2 bridgehead atoms. The van der Waals surface area contributed by atoms with Crippen molar-refractivity contribution in [3.05, 3.63) is 77.1 Å². The lowest BCUT2D eigenvalue weighted by atomic mass is 9.85. The topological polar surface area (TPSA) is 221 Å². The molecule has 3 unspecified atom stereocenters. The van der Waals surface area contributed by atoms with Crippen molar-refractivity contribution >= 4 is 57.0 Å². The number of hydrogen-bond acceptors (Lipinski definition) is 15. The molecule has 4 atom stereocenters. The molecule has 4 saturated heterocycles. The molecule has 3 aromatic carbocycles. The number of terminal acetylenes is 1. The fourth-order valence-corrected chi connectivity index (χ4v) is 12.1. The van der Waals surface area contributed by atoms with E-state index in [-0.39, 0.29) is 57.8 Å². The van der Waals surface area contributed by atoms with Gasteiger partial charge in [-0.15, -0.1) is 6.42 Å². The second kappa shape index (κ2) is 24.0. The SMILES string of the molecule is C#Cc1c(O)ccc2cc(O)cc(-c3ncc4c(N5CC6CCC(C5)N6)nc(OCCCN5CCN(CCCCCC(=O)NC(C(=O)N6CCC[C@H]6C(=O)NCc6ccc(C7=C(C)N=CC7)cc6)C(C)(C)C)CC5)nc4c3O)c12. The van der Waals surface area contributed by atoms with Gasteiger partial charge in [0.1, 0.15) is 40.6 Å². The zero-order valence-electron chi connectivity index (χ0n) is 46.1. The van der Waals surface area contributed by atoms with E-state index in [1.54, 1.807) is 23.2 Å². The number of benzene rings is 3. The maximum Gasteiger partial charge on any atom is 0.319 e. The molecule has 5 aromatic rings. The summed E-state index contributed by atoms with van der Waals surface area (Å²) in [5.41, 5.74) is 4.82. The molecule has 2 aromatic heterocycles. The molecule has 4 fully saturated rings. The normalized spacial score (nSPS) is 20.1. The Balaban J connectivity index is 0.671. The molecule has 18 nitrogen and oxygen atoms in total. The van der Waals surface area contributed by atoms with E-state index < -0.39 is 17.5 Å². The molecule has 5 aliphatic rings. The van der Waals surface area contributed by atoms with Crippen LogP contribution in [-0.4, -0.2) is 159 Å². The number of carbonyl (C=O) groups is 3. The van der Waals surface area contributed by atoms with Crippen LogP contribution in [0.1, 0.15) is 109 Å². The number of nitrogens with one attached hydrogen (secondary N) is 3. The molecule has 18 heteroatoms. The number of phenolic OH excluding ortho intramolecular Hbond substituents is 2. The van der Waals surface area contributed by atoms with Crippen molar-refractivity contribution in [1.29, 1.82) is 0 Å². The number of amides is 3. The number of unbranched alkanes of at least 4 members (excludes halogenated alkanes) is 2. The maximum absolute atomic E-state index is 14.1. The molecule has 7 heterocycles. The number of aromatic hydroxyl groups is 3. The molecule has 6 N–H and O–H groups in total. The summed E-state index contributed by atoms with van der Waals surface area (Å²) in [6.45, 7) is 16.1. The van der Waals surface area contributed by atoms with Gasteiger partial charge in [-0.25, -0.2) is 0 Å². The third kappa shape index (κ3) is 12.4. The molecule has 0 radical (unpaired) electrons. The van der Waals surface area contributed by atoms with Gasteiger partial charge in [0.15, 0.2) is 5.75 Å². The van der Waals surface area contributed by atoms with Gasteiger partial charge in [0, 0.05) is 113 Å². The number of ether oxygens (including phenoxy) is 1. The molecular weight excluding hydrogens is 999 g/mol. The Bertz CT molecular complexity index is 3180. The number of nitrogens with zero attached hydrogens (tertiary/aromatic N) is 8. The van der Waals surface area contributed by atoms with E-state index in [1.165, 1.54) is 17.7 Å². The van der Waals surface area contributed by atoms with Crippen molar-refractivity contribution < 1.29 is 34.4 Å². The third-order valence-electron chi connectivity index (χ3n) is 16.4. The number of anilines is 1. The first-order valence-electron chi connectivity index (χ1n) is 28.2. The molecule has 79 heavy (non-hydrogen) atoms. The van der Waals surface area contributed by atoms with Crippen LogP contribution in [0, 0.1) is 17.8 Å². The molecule has 0 aliphatic carbocycles. The smallest absolute Gasteiger partial charge is 0.319 e. The number of aromatic nitrogens is 3. The van der Waals surface area contributed by atoms with Crippen LogP contribution in [-0.2, 0) is 20.9 Å². The number of pyridine rings is 1. The van der Waals surface area contributed by atoms with Gasteiger partial charge in [0.25, 0.3) is 0 Å². The van der Waals surface area contributed by atoms with Crippen molar-refractivity contribution in [2.45, 2.75) is 123 Å². The first-order chi connectivity index (χ1) is 38.1. The highest BCUT2D eigenvalue weighted by atomic mass is 16.5. The van der Waals surface area contributed by atoms with Gasteiger partial charge in [-0.3, -0.25) is 24.4 Å². The maximum atomic E-state index is 14.1. The average Bonchev–Trinajstić information content (AvgIpc) is 4.30. The summed E-state index contributed by atoms with van der Waals surface area (Å²) in [7, 11) is 0. The molecule has 3 amide bonds.